The molecule has 0 aromatic heterocycles. The summed E-state index contributed by atoms with van der Waals surface area (Å²) in [6, 6.07) is 5.44. The summed E-state index contributed by atoms with van der Waals surface area (Å²) in [7, 11) is 0. The van der Waals surface area contributed by atoms with E-state index in [0.717, 1.165) is 6.07 Å². The lowest BCUT2D eigenvalue weighted by Gasteiger charge is -2.27. The van der Waals surface area contributed by atoms with Gasteiger partial charge in [0.2, 0.25) is 0 Å². The standard InChI is InChI=1S/C25H17F9O4/c1-12-10-35-23(36-11-12)13-2-4-16(17(26)6-13)14-7-19(28)22(20(29)8-14)24(30,31)37-15-3-5-21(18(27)9-15)38-25(32,33)34/h2-9,12,23H,10-11H2,1H3. The van der Waals surface area contributed by atoms with Gasteiger partial charge in [0, 0.05) is 23.1 Å². The largest absolute Gasteiger partial charge is 0.573 e. The van der Waals surface area contributed by atoms with Crippen molar-refractivity contribution in [2.75, 3.05) is 13.2 Å². The van der Waals surface area contributed by atoms with E-state index in [1.165, 1.54) is 12.1 Å². The molecule has 4 rings (SSSR count). The second-order valence-corrected chi connectivity index (χ2v) is 8.42. The highest BCUT2D eigenvalue weighted by Crippen LogP contribution is 2.39. The van der Waals surface area contributed by atoms with Gasteiger partial charge in [-0.1, -0.05) is 19.1 Å². The van der Waals surface area contributed by atoms with Crippen molar-refractivity contribution in [3.8, 4) is 22.6 Å². The quantitative estimate of drug-likeness (QED) is 0.295. The molecule has 0 bridgehead atoms. The molecule has 204 valence electrons. The molecule has 0 atom stereocenters. The highest BCUT2D eigenvalue weighted by molar-refractivity contribution is 5.65. The predicted octanol–water partition coefficient (Wildman–Crippen LogP) is 7.62. The predicted molar refractivity (Wildman–Crippen MR) is 113 cm³/mol. The van der Waals surface area contributed by atoms with E-state index in [0.29, 0.717) is 43.0 Å². The monoisotopic (exact) mass is 552 g/mol. The van der Waals surface area contributed by atoms with Crippen LogP contribution in [0.2, 0.25) is 0 Å². The van der Waals surface area contributed by atoms with E-state index in [1.807, 2.05) is 6.92 Å². The van der Waals surface area contributed by atoms with Crippen molar-refractivity contribution in [2.45, 2.75) is 25.7 Å². The van der Waals surface area contributed by atoms with Crippen LogP contribution >= 0.6 is 0 Å². The Morgan fingerprint density at radius 1 is 0.737 bits per heavy atom. The maximum Gasteiger partial charge on any atom is 0.573 e. The van der Waals surface area contributed by atoms with E-state index < -0.39 is 64.7 Å². The third kappa shape index (κ3) is 6.16. The molecule has 3 aromatic carbocycles. The van der Waals surface area contributed by atoms with Crippen LogP contribution in [0.4, 0.5) is 39.5 Å². The first-order chi connectivity index (χ1) is 17.7. The first-order valence-electron chi connectivity index (χ1n) is 10.9. The van der Waals surface area contributed by atoms with Crippen LogP contribution in [0.5, 0.6) is 11.5 Å². The van der Waals surface area contributed by atoms with Crippen molar-refractivity contribution in [3.05, 3.63) is 82.9 Å². The molecule has 0 saturated carbocycles. The van der Waals surface area contributed by atoms with Crippen molar-refractivity contribution in [1.29, 1.82) is 0 Å². The molecule has 1 saturated heterocycles. The molecule has 0 aliphatic carbocycles. The zero-order valence-electron chi connectivity index (χ0n) is 19.2. The van der Waals surface area contributed by atoms with Gasteiger partial charge in [-0.25, -0.2) is 17.6 Å². The third-order valence-electron chi connectivity index (χ3n) is 5.35. The Morgan fingerprint density at radius 3 is 1.92 bits per heavy atom. The molecular weight excluding hydrogens is 535 g/mol. The van der Waals surface area contributed by atoms with Gasteiger partial charge in [0.05, 0.1) is 13.2 Å². The highest BCUT2D eigenvalue weighted by Gasteiger charge is 2.42. The van der Waals surface area contributed by atoms with E-state index in [2.05, 4.69) is 9.47 Å². The Kier molecular flexibility index (Phi) is 7.53. The Hall–Kier alpha value is -3.45. The summed E-state index contributed by atoms with van der Waals surface area (Å²) >= 11 is 0. The highest BCUT2D eigenvalue weighted by atomic mass is 19.4. The average molecular weight is 552 g/mol. The zero-order chi connectivity index (χ0) is 27.8. The number of hydrogen-bond donors (Lipinski definition) is 0. The van der Waals surface area contributed by atoms with Gasteiger partial charge in [0.25, 0.3) is 0 Å². The molecule has 1 aliphatic rings. The van der Waals surface area contributed by atoms with Crippen molar-refractivity contribution in [1.82, 2.24) is 0 Å². The maximum absolute atomic E-state index is 14.8. The molecule has 13 heteroatoms. The lowest BCUT2D eigenvalue weighted by molar-refractivity contribution is -0.275. The molecule has 0 radical (unpaired) electrons. The van der Waals surface area contributed by atoms with Gasteiger partial charge >= 0.3 is 12.5 Å². The summed E-state index contributed by atoms with van der Waals surface area (Å²) < 4.78 is 142. The van der Waals surface area contributed by atoms with Crippen LogP contribution < -0.4 is 9.47 Å². The minimum absolute atomic E-state index is 0.122. The minimum Gasteiger partial charge on any atom is -0.429 e. The zero-order valence-corrected chi connectivity index (χ0v) is 19.2. The van der Waals surface area contributed by atoms with Crippen LogP contribution in [-0.2, 0) is 15.6 Å². The van der Waals surface area contributed by atoms with Gasteiger partial charge in [0.15, 0.2) is 17.9 Å². The summed E-state index contributed by atoms with van der Waals surface area (Å²) in [6.07, 6.45) is -10.8. The molecule has 3 aromatic rings. The lowest BCUT2D eigenvalue weighted by Crippen LogP contribution is -2.25. The smallest absolute Gasteiger partial charge is 0.429 e. The van der Waals surface area contributed by atoms with Gasteiger partial charge in [-0.2, -0.15) is 8.78 Å². The fraction of sp³-hybridized carbons (Fsp3) is 0.280. The Morgan fingerprint density at radius 2 is 1.37 bits per heavy atom. The summed E-state index contributed by atoms with van der Waals surface area (Å²) in [4.78, 5) is 0. The number of ether oxygens (including phenoxy) is 4. The number of hydrogen-bond acceptors (Lipinski definition) is 4. The van der Waals surface area contributed by atoms with Crippen molar-refractivity contribution in [2.24, 2.45) is 5.92 Å². The normalized spacial score (nSPS) is 18.4. The average Bonchev–Trinajstić information content (AvgIpc) is 2.79. The van der Waals surface area contributed by atoms with Crippen LogP contribution in [0.1, 0.15) is 24.3 Å². The van der Waals surface area contributed by atoms with Crippen molar-refractivity contribution < 1.29 is 58.5 Å². The van der Waals surface area contributed by atoms with Gasteiger partial charge in [-0.15, -0.1) is 13.2 Å². The first kappa shape index (κ1) is 27.6. The Bertz CT molecular complexity index is 1300. The van der Waals surface area contributed by atoms with Crippen LogP contribution in [0.3, 0.4) is 0 Å². The van der Waals surface area contributed by atoms with Crippen LogP contribution in [0.15, 0.2) is 48.5 Å². The minimum atomic E-state index is -5.25. The fourth-order valence-corrected chi connectivity index (χ4v) is 3.66. The molecule has 0 spiro atoms. The van der Waals surface area contributed by atoms with Crippen LogP contribution in [0.25, 0.3) is 11.1 Å². The Balaban J connectivity index is 1.57. The van der Waals surface area contributed by atoms with E-state index >= 15 is 0 Å². The first-order valence-corrected chi connectivity index (χ1v) is 10.9. The molecular formula is C25H17F9O4. The molecule has 0 N–H and O–H groups in total. The fourth-order valence-electron chi connectivity index (χ4n) is 3.66. The maximum atomic E-state index is 14.8. The number of benzene rings is 3. The van der Waals surface area contributed by atoms with Gasteiger partial charge in [-0.05, 0) is 35.9 Å². The Labute approximate surface area is 209 Å². The molecule has 1 aliphatic heterocycles. The third-order valence-corrected chi connectivity index (χ3v) is 5.35. The van der Waals surface area contributed by atoms with Crippen molar-refractivity contribution in [3.63, 3.8) is 0 Å². The summed E-state index contributed by atoms with van der Waals surface area (Å²) in [6.45, 7) is 2.64. The topological polar surface area (TPSA) is 36.9 Å². The molecule has 1 fully saturated rings. The SMILES string of the molecule is CC1COC(c2ccc(-c3cc(F)c(C(F)(F)Oc4ccc(OC(F)(F)F)c(F)c4)c(F)c3)c(F)c2)OC1. The number of rotatable bonds is 6. The summed E-state index contributed by atoms with van der Waals surface area (Å²) in [5, 5.41) is 0. The van der Waals surface area contributed by atoms with E-state index in [1.54, 1.807) is 0 Å². The lowest BCUT2D eigenvalue weighted by atomic mass is 10.00. The van der Waals surface area contributed by atoms with Gasteiger partial charge in [-0.3, -0.25) is 0 Å². The van der Waals surface area contributed by atoms with E-state index in [9.17, 15) is 39.5 Å². The van der Waals surface area contributed by atoms with Crippen LogP contribution in [-0.4, -0.2) is 19.6 Å². The molecule has 1 heterocycles. The molecule has 0 amide bonds. The van der Waals surface area contributed by atoms with E-state index in [4.69, 9.17) is 9.47 Å². The van der Waals surface area contributed by atoms with Crippen LogP contribution in [0, 0.1) is 29.2 Å². The second kappa shape index (κ2) is 10.4. The molecule has 4 nitrogen and oxygen atoms in total. The molecule has 0 unspecified atom stereocenters. The number of halogens is 9. The van der Waals surface area contributed by atoms with Crippen molar-refractivity contribution >= 4 is 0 Å². The van der Waals surface area contributed by atoms with Gasteiger partial charge in [0.1, 0.15) is 28.8 Å². The van der Waals surface area contributed by atoms with Gasteiger partial charge < -0.3 is 18.9 Å². The number of alkyl halides is 5. The molecule has 38 heavy (non-hydrogen) atoms. The second-order valence-electron chi connectivity index (χ2n) is 8.42. The van der Waals surface area contributed by atoms with E-state index in [-0.39, 0.29) is 17.5 Å². The summed E-state index contributed by atoms with van der Waals surface area (Å²) in [5.74, 6) is -8.53. The summed E-state index contributed by atoms with van der Waals surface area (Å²) in [5.41, 5.74) is -2.31.